The van der Waals surface area contributed by atoms with Gasteiger partial charge in [-0.2, -0.15) is 0 Å². The van der Waals surface area contributed by atoms with Gasteiger partial charge in [0.15, 0.2) is 0 Å². The number of methoxy groups -OCH3 is 2. The van der Waals surface area contributed by atoms with Crippen molar-refractivity contribution in [3.63, 3.8) is 0 Å². The highest BCUT2D eigenvalue weighted by molar-refractivity contribution is 5.76. The van der Waals surface area contributed by atoms with Crippen LogP contribution in [0, 0.1) is 10.8 Å². The monoisotopic (exact) mass is 246 g/mol. The smallest absolute Gasteiger partial charge is 0.313 e. The molecule has 5 heteroatoms. The van der Waals surface area contributed by atoms with Crippen molar-refractivity contribution in [3.8, 4) is 0 Å². The average molecular weight is 246 g/mol. The van der Waals surface area contributed by atoms with Crippen molar-refractivity contribution in [1.29, 1.82) is 0 Å². The van der Waals surface area contributed by atoms with E-state index in [0.29, 0.717) is 0 Å². The number of carbonyl (C=O) groups excluding carboxylic acids is 2. The van der Waals surface area contributed by atoms with Crippen molar-refractivity contribution >= 4 is 11.9 Å². The maximum Gasteiger partial charge on any atom is 0.313 e. The largest absolute Gasteiger partial charge is 0.469 e. The Balaban J connectivity index is 4.24. The van der Waals surface area contributed by atoms with E-state index in [0.717, 1.165) is 0 Å². The molecule has 0 heterocycles. The molecule has 100 valence electrons. The van der Waals surface area contributed by atoms with E-state index >= 15 is 0 Å². The molecule has 0 aromatic rings. The van der Waals surface area contributed by atoms with Gasteiger partial charge in [0.05, 0.1) is 38.3 Å². The maximum atomic E-state index is 11.4. The predicted octanol–water partition coefficient (Wildman–Crippen LogP) is 1.40. The number of hydrogen-bond donors (Lipinski definition) is 0. The Morgan fingerprint density at radius 1 is 0.824 bits per heavy atom. The van der Waals surface area contributed by atoms with Gasteiger partial charge in [-0.3, -0.25) is 9.59 Å². The lowest BCUT2D eigenvalue weighted by Crippen LogP contribution is -2.35. The van der Waals surface area contributed by atoms with Crippen molar-refractivity contribution in [2.75, 3.05) is 27.4 Å². The highest BCUT2D eigenvalue weighted by atomic mass is 16.5. The van der Waals surface area contributed by atoms with E-state index in [1.165, 1.54) is 14.2 Å². The first kappa shape index (κ1) is 15.9. The molecule has 0 aromatic heterocycles. The number of ether oxygens (including phenoxy) is 3. The van der Waals surface area contributed by atoms with Gasteiger partial charge in [0, 0.05) is 0 Å². The molecular formula is C12H22O5. The van der Waals surface area contributed by atoms with Gasteiger partial charge < -0.3 is 14.2 Å². The predicted molar refractivity (Wildman–Crippen MR) is 62.4 cm³/mol. The third-order valence-electron chi connectivity index (χ3n) is 2.40. The molecule has 0 aromatic carbocycles. The molecule has 0 unspecified atom stereocenters. The summed E-state index contributed by atoms with van der Waals surface area (Å²) in [6.45, 7) is 7.29. The van der Waals surface area contributed by atoms with Crippen LogP contribution in [-0.4, -0.2) is 39.4 Å². The van der Waals surface area contributed by atoms with Crippen LogP contribution in [0.25, 0.3) is 0 Å². The molecule has 0 fully saturated rings. The van der Waals surface area contributed by atoms with Gasteiger partial charge in [-0.1, -0.05) is 0 Å². The fourth-order valence-corrected chi connectivity index (χ4v) is 1.23. The van der Waals surface area contributed by atoms with Gasteiger partial charge in [-0.05, 0) is 27.7 Å². The maximum absolute atomic E-state index is 11.4. The van der Waals surface area contributed by atoms with Crippen molar-refractivity contribution in [1.82, 2.24) is 0 Å². The number of esters is 2. The Morgan fingerprint density at radius 2 is 1.12 bits per heavy atom. The highest BCUT2D eigenvalue weighted by Gasteiger charge is 2.33. The third kappa shape index (κ3) is 4.73. The average Bonchev–Trinajstić information content (AvgIpc) is 2.25. The summed E-state index contributed by atoms with van der Waals surface area (Å²) in [5, 5.41) is 0. The molecule has 0 aliphatic rings. The van der Waals surface area contributed by atoms with Crippen LogP contribution in [0.5, 0.6) is 0 Å². The first-order chi connectivity index (χ1) is 7.67. The summed E-state index contributed by atoms with van der Waals surface area (Å²) in [5.41, 5.74) is -1.44. The molecule has 17 heavy (non-hydrogen) atoms. The van der Waals surface area contributed by atoms with Gasteiger partial charge in [0.25, 0.3) is 0 Å². The normalized spacial score (nSPS) is 12.1. The zero-order chi connectivity index (χ0) is 13.7. The number of carbonyl (C=O) groups is 2. The van der Waals surface area contributed by atoms with Gasteiger partial charge in [0.1, 0.15) is 0 Å². The van der Waals surface area contributed by atoms with E-state index < -0.39 is 10.8 Å². The third-order valence-corrected chi connectivity index (χ3v) is 2.40. The van der Waals surface area contributed by atoms with Crippen LogP contribution in [0.2, 0.25) is 0 Å². The van der Waals surface area contributed by atoms with E-state index in [1.807, 2.05) is 0 Å². The summed E-state index contributed by atoms with van der Waals surface area (Å²) in [6, 6.07) is 0. The second kappa shape index (κ2) is 6.00. The molecule has 0 rings (SSSR count). The summed E-state index contributed by atoms with van der Waals surface area (Å²) in [4.78, 5) is 22.8. The van der Waals surface area contributed by atoms with Gasteiger partial charge in [0.2, 0.25) is 0 Å². The molecule has 0 atom stereocenters. The summed E-state index contributed by atoms with van der Waals surface area (Å²) < 4.78 is 14.7. The van der Waals surface area contributed by atoms with Crippen molar-refractivity contribution in [2.24, 2.45) is 10.8 Å². The van der Waals surface area contributed by atoms with Crippen LogP contribution in [0.15, 0.2) is 0 Å². The minimum absolute atomic E-state index is 0.195. The summed E-state index contributed by atoms with van der Waals surface area (Å²) >= 11 is 0. The standard InChI is InChI=1S/C12H22O5/c1-11(2,9(13)15-5)7-17-8-12(3,4)10(14)16-6/h7-8H2,1-6H3. The molecule has 0 aliphatic heterocycles. The van der Waals surface area contributed by atoms with Crippen LogP contribution in [0.3, 0.4) is 0 Å². The minimum atomic E-state index is -0.721. The zero-order valence-electron chi connectivity index (χ0n) is 11.5. The van der Waals surface area contributed by atoms with Crippen molar-refractivity contribution in [3.05, 3.63) is 0 Å². The zero-order valence-corrected chi connectivity index (χ0v) is 11.5. The SMILES string of the molecule is COC(=O)C(C)(C)COCC(C)(C)C(=O)OC. The lowest BCUT2D eigenvalue weighted by atomic mass is 9.93. The Morgan fingerprint density at radius 3 is 1.35 bits per heavy atom. The first-order valence-electron chi connectivity index (χ1n) is 5.42. The fourth-order valence-electron chi connectivity index (χ4n) is 1.23. The van der Waals surface area contributed by atoms with Crippen molar-refractivity contribution in [2.45, 2.75) is 27.7 Å². The summed E-state index contributed by atoms with van der Waals surface area (Å²) in [7, 11) is 2.67. The molecule has 0 aliphatic carbocycles. The van der Waals surface area contributed by atoms with Crippen LogP contribution < -0.4 is 0 Å². The molecule has 0 saturated carbocycles. The van der Waals surface area contributed by atoms with Crippen LogP contribution >= 0.6 is 0 Å². The highest BCUT2D eigenvalue weighted by Crippen LogP contribution is 2.21. The van der Waals surface area contributed by atoms with E-state index in [-0.39, 0.29) is 25.2 Å². The fraction of sp³-hybridized carbons (Fsp3) is 0.833. The second-order valence-electron chi connectivity index (χ2n) is 5.24. The lowest BCUT2D eigenvalue weighted by molar-refractivity contribution is -0.159. The second-order valence-corrected chi connectivity index (χ2v) is 5.24. The molecule has 0 saturated heterocycles. The van der Waals surface area contributed by atoms with E-state index in [2.05, 4.69) is 9.47 Å². The molecule has 0 radical (unpaired) electrons. The first-order valence-corrected chi connectivity index (χ1v) is 5.42. The van der Waals surface area contributed by atoms with Crippen LogP contribution in [0.1, 0.15) is 27.7 Å². The molecular weight excluding hydrogens is 224 g/mol. The lowest BCUT2D eigenvalue weighted by Gasteiger charge is -2.25. The topological polar surface area (TPSA) is 61.8 Å². The Kier molecular flexibility index (Phi) is 5.61. The molecule has 5 nitrogen and oxygen atoms in total. The molecule has 0 amide bonds. The van der Waals surface area contributed by atoms with Gasteiger partial charge in [-0.25, -0.2) is 0 Å². The Hall–Kier alpha value is -1.10. The van der Waals surface area contributed by atoms with Gasteiger partial charge in [-0.15, -0.1) is 0 Å². The van der Waals surface area contributed by atoms with E-state index in [4.69, 9.17) is 4.74 Å². The van der Waals surface area contributed by atoms with Crippen LogP contribution in [0.4, 0.5) is 0 Å². The van der Waals surface area contributed by atoms with Crippen molar-refractivity contribution < 1.29 is 23.8 Å². The van der Waals surface area contributed by atoms with Gasteiger partial charge >= 0.3 is 11.9 Å². The van der Waals surface area contributed by atoms with E-state index in [9.17, 15) is 9.59 Å². The van der Waals surface area contributed by atoms with Crippen LogP contribution in [-0.2, 0) is 23.8 Å². The van der Waals surface area contributed by atoms with E-state index in [1.54, 1.807) is 27.7 Å². The number of hydrogen-bond acceptors (Lipinski definition) is 5. The Labute approximate surface area is 102 Å². The molecule has 0 N–H and O–H groups in total. The summed E-state index contributed by atoms with van der Waals surface area (Å²) in [5.74, 6) is -0.679. The Bertz CT molecular complexity index is 253. The molecule has 0 spiro atoms. The summed E-state index contributed by atoms with van der Waals surface area (Å²) in [6.07, 6.45) is 0. The quantitative estimate of drug-likeness (QED) is 0.663. The number of rotatable bonds is 6. The molecule has 0 bridgehead atoms. The minimum Gasteiger partial charge on any atom is -0.469 e.